The van der Waals surface area contributed by atoms with Crippen molar-refractivity contribution >= 4 is 50.2 Å². The molecule has 0 atom stereocenters. The molecule has 0 aliphatic rings. The number of amides is 1. The maximum Gasteiger partial charge on any atom is 0.338 e. The van der Waals surface area contributed by atoms with Gasteiger partial charge in [-0.15, -0.1) is 0 Å². The average molecular weight is 449 g/mol. The number of carbonyl (C=O) groups is 3. The number of benzene rings is 3. The molecule has 0 bridgehead atoms. The van der Waals surface area contributed by atoms with Crippen molar-refractivity contribution in [1.29, 1.82) is 0 Å². The fourth-order valence-corrected chi connectivity index (χ4v) is 4.47. The molecule has 4 rings (SSSR count). The number of methoxy groups -OCH3 is 1. The van der Waals surface area contributed by atoms with Crippen molar-refractivity contribution in [3.63, 3.8) is 0 Å². The molecule has 1 amide bonds. The molecular formula is C24H20N2O5S. The van der Waals surface area contributed by atoms with Crippen LogP contribution in [0.2, 0.25) is 0 Å². The Bertz CT molecular complexity index is 1410. The van der Waals surface area contributed by atoms with Gasteiger partial charge in [0.25, 0.3) is 5.91 Å². The van der Waals surface area contributed by atoms with Crippen LogP contribution >= 0.6 is 11.3 Å². The van der Waals surface area contributed by atoms with Crippen molar-refractivity contribution in [2.24, 2.45) is 4.99 Å². The summed E-state index contributed by atoms with van der Waals surface area (Å²) in [6, 6.07) is 18.1. The van der Waals surface area contributed by atoms with E-state index in [1.165, 1.54) is 18.4 Å². The number of hydrogen-bond acceptors (Lipinski definition) is 6. The van der Waals surface area contributed by atoms with Gasteiger partial charge < -0.3 is 14.0 Å². The third-order valence-corrected chi connectivity index (χ3v) is 5.97. The molecule has 0 saturated carbocycles. The van der Waals surface area contributed by atoms with Crippen LogP contribution in [-0.2, 0) is 20.8 Å². The summed E-state index contributed by atoms with van der Waals surface area (Å²) in [6.07, 6.45) is 0. The van der Waals surface area contributed by atoms with E-state index in [-0.39, 0.29) is 13.2 Å². The number of carbonyl (C=O) groups excluding carboxylic acids is 3. The molecule has 0 aliphatic carbocycles. The van der Waals surface area contributed by atoms with Gasteiger partial charge in [0.15, 0.2) is 4.80 Å². The molecule has 0 saturated heterocycles. The third kappa shape index (κ3) is 4.17. The summed E-state index contributed by atoms with van der Waals surface area (Å²) < 4.78 is 12.2. The van der Waals surface area contributed by atoms with Gasteiger partial charge in [-0.1, -0.05) is 47.7 Å². The van der Waals surface area contributed by atoms with Gasteiger partial charge >= 0.3 is 11.9 Å². The van der Waals surface area contributed by atoms with Crippen LogP contribution < -0.4 is 4.80 Å². The van der Waals surface area contributed by atoms with Gasteiger partial charge in [-0.25, -0.2) is 4.79 Å². The Morgan fingerprint density at radius 3 is 2.59 bits per heavy atom. The fraction of sp³-hybridized carbons (Fsp3) is 0.167. The van der Waals surface area contributed by atoms with Crippen LogP contribution in [-0.4, -0.2) is 36.1 Å². The summed E-state index contributed by atoms with van der Waals surface area (Å²) in [7, 11) is 1.30. The van der Waals surface area contributed by atoms with Crippen LogP contribution in [0.15, 0.2) is 65.7 Å². The summed E-state index contributed by atoms with van der Waals surface area (Å²) >= 11 is 1.21. The standard InChI is InChI=1S/C24H20N2O5S/c1-3-31-23(29)16-11-12-19-20(13-16)32-24(26(19)14-21(27)30-2)25-22(28)18-10-6-8-15-7-4-5-9-17(15)18/h4-13H,3,14H2,1-2H3. The van der Waals surface area contributed by atoms with E-state index in [1.54, 1.807) is 35.8 Å². The topological polar surface area (TPSA) is 87.0 Å². The second-order valence-corrected chi connectivity index (χ2v) is 7.90. The van der Waals surface area contributed by atoms with Gasteiger partial charge in [0.2, 0.25) is 0 Å². The predicted molar refractivity (Wildman–Crippen MR) is 122 cm³/mol. The van der Waals surface area contributed by atoms with E-state index in [4.69, 9.17) is 9.47 Å². The highest BCUT2D eigenvalue weighted by atomic mass is 32.1. The number of esters is 2. The Hall–Kier alpha value is -3.78. The molecular weight excluding hydrogens is 428 g/mol. The molecule has 1 aromatic heterocycles. The molecule has 162 valence electrons. The second kappa shape index (κ2) is 9.15. The molecule has 4 aromatic rings. The molecule has 3 aromatic carbocycles. The number of aromatic nitrogens is 1. The minimum Gasteiger partial charge on any atom is -0.468 e. The highest BCUT2D eigenvalue weighted by Crippen LogP contribution is 2.22. The van der Waals surface area contributed by atoms with Gasteiger partial charge in [0, 0.05) is 5.56 Å². The van der Waals surface area contributed by atoms with E-state index in [1.807, 2.05) is 36.4 Å². The first-order chi connectivity index (χ1) is 15.5. The third-order valence-electron chi connectivity index (χ3n) is 4.93. The van der Waals surface area contributed by atoms with E-state index >= 15 is 0 Å². The fourth-order valence-electron chi connectivity index (χ4n) is 3.41. The lowest BCUT2D eigenvalue weighted by Gasteiger charge is -2.05. The lowest BCUT2D eigenvalue weighted by Crippen LogP contribution is -2.22. The van der Waals surface area contributed by atoms with Crippen LogP contribution in [0.4, 0.5) is 0 Å². The zero-order valence-corrected chi connectivity index (χ0v) is 18.3. The van der Waals surface area contributed by atoms with Crippen molar-refractivity contribution in [2.45, 2.75) is 13.5 Å². The predicted octanol–water partition coefficient (Wildman–Crippen LogP) is 3.95. The summed E-state index contributed by atoms with van der Waals surface area (Å²) in [6.45, 7) is 1.89. The van der Waals surface area contributed by atoms with E-state index in [9.17, 15) is 14.4 Å². The lowest BCUT2D eigenvalue weighted by atomic mass is 10.0. The first-order valence-electron chi connectivity index (χ1n) is 9.96. The van der Waals surface area contributed by atoms with Crippen LogP contribution in [0.5, 0.6) is 0 Å². The van der Waals surface area contributed by atoms with E-state index in [0.29, 0.717) is 26.1 Å². The van der Waals surface area contributed by atoms with Crippen molar-refractivity contribution < 1.29 is 23.9 Å². The largest absolute Gasteiger partial charge is 0.468 e. The quantitative estimate of drug-likeness (QED) is 0.432. The van der Waals surface area contributed by atoms with Crippen molar-refractivity contribution in [2.75, 3.05) is 13.7 Å². The molecule has 7 nitrogen and oxygen atoms in total. The lowest BCUT2D eigenvalue weighted by molar-refractivity contribution is -0.141. The number of nitrogens with zero attached hydrogens (tertiary/aromatic N) is 2. The molecule has 0 radical (unpaired) electrons. The Morgan fingerprint density at radius 1 is 1.03 bits per heavy atom. The van der Waals surface area contributed by atoms with Gasteiger partial charge in [-0.3, -0.25) is 9.59 Å². The van der Waals surface area contributed by atoms with Crippen LogP contribution in [0.3, 0.4) is 0 Å². The maximum absolute atomic E-state index is 13.1. The Morgan fingerprint density at radius 2 is 1.81 bits per heavy atom. The minimum atomic E-state index is -0.474. The van der Waals surface area contributed by atoms with Gasteiger partial charge in [-0.05, 0) is 42.0 Å². The molecule has 32 heavy (non-hydrogen) atoms. The number of rotatable bonds is 5. The van der Waals surface area contributed by atoms with Crippen molar-refractivity contribution in [3.8, 4) is 0 Å². The normalized spacial score (nSPS) is 11.6. The second-order valence-electron chi connectivity index (χ2n) is 6.89. The molecule has 8 heteroatoms. The first kappa shape index (κ1) is 21.5. The van der Waals surface area contributed by atoms with Crippen LogP contribution in [0.25, 0.3) is 21.0 Å². The van der Waals surface area contributed by atoms with Crippen LogP contribution in [0, 0.1) is 0 Å². The summed E-state index contributed by atoms with van der Waals surface area (Å²) in [4.78, 5) is 41.9. The highest BCUT2D eigenvalue weighted by molar-refractivity contribution is 7.16. The van der Waals surface area contributed by atoms with Crippen LogP contribution in [0.1, 0.15) is 27.6 Å². The SMILES string of the molecule is CCOC(=O)c1ccc2c(c1)sc(=NC(=O)c1cccc3ccccc13)n2CC(=O)OC. The Labute approximate surface area is 187 Å². The zero-order chi connectivity index (χ0) is 22.7. The highest BCUT2D eigenvalue weighted by Gasteiger charge is 2.16. The molecule has 0 spiro atoms. The molecule has 1 heterocycles. The summed E-state index contributed by atoms with van der Waals surface area (Å²) in [5, 5.41) is 1.74. The van der Waals surface area contributed by atoms with E-state index in [2.05, 4.69) is 4.99 Å². The number of ether oxygens (including phenoxy) is 2. The number of thiazole rings is 1. The maximum atomic E-state index is 13.1. The molecule has 0 unspecified atom stereocenters. The summed E-state index contributed by atoms with van der Waals surface area (Å²) in [5.74, 6) is -1.33. The molecule has 0 N–H and O–H groups in total. The summed E-state index contributed by atoms with van der Waals surface area (Å²) in [5.41, 5.74) is 1.52. The number of hydrogen-bond donors (Lipinski definition) is 0. The monoisotopic (exact) mass is 448 g/mol. The number of fused-ring (bicyclic) bond motifs is 2. The molecule has 0 fully saturated rings. The smallest absolute Gasteiger partial charge is 0.338 e. The van der Waals surface area contributed by atoms with Gasteiger partial charge in [0.1, 0.15) is 6.54 Å². The first-order valence-corrected chi connectivity index (χ1v) is 10.8. The zero-order valence-electron chi connectivity index (χ0n) is 17.5. The van der Waals surface area contributed by atoms with E-state index < -0.39 is 17.8 Å². The minimum absolute atomic E-state index is 0.114. The van der Waals surface area contributed by atoms with Gasteiger partial charge in [-0.2, -0.15) is 4.99 Å². The van der Waals surface area contributed by atoms with E-state index in [0.717, 1.165) is 10.8 Å². The molecule has 0 aliphatic heterocycles. The Balaban J connectivity index is 1.86. The van der Waals surface area contributed by atoms with Crippen molar-refractivity contribution in [1.82, 2.24) is 4.57 Å². The average Bonchev–Trinajstić information content (AvgIpc) is 3.14. The van der Waals surface area contributed by atoms with Crippen molar-refractivity contribution in [3.05, 3.63) is 76.6 Å². The Kier molecular flexibility index (Phi) is 6.13. The van der Waals surface area contributed by atoms with Gasteiger partial charge in [0.05, 0.1) is 29.5 Å².